The number of ether oxygens (including phenoxy) is 1. The third-order valence-electron chi connectivity index (χ3n) is 3.09. The Hall–Kier alpha value is -2.75. The highest BCUT2D eigenvalue weighted by atomic mass is 16.6. The van der Waals surface area contributed by atoms with Crippen LogP contribution in [0.2, 0.25) is 0 Å². The second-order valence-corrected chi connectivity index (χ2v) is 6.43. The molecule has 1 aliphatic carbocycles. The van der Waals surface area contributed by atoms with Gasteiger partial charge in [0, 0.05) is 17.9 Å². The molecule has 1 aromatic carbocycles. The number of amides is 1. The summed E-state index contributed by atoms with van der Waals surface area (Å²) in [6.07, 6.45) is 10.9. The zero-order valence-electron chi connectivity index (χ0n) is 14.4. The predicted octanol–water partition coefficient (Wildman–Crippen LogP) is 4.19. The lowest BCUT2D eigenvalue weighted by Gasteiger charge is -2.20. The van der Waals surface area contributed by atoms with Crippen molar-refractivity contribution in [1.82, 2.24) is 10.6 Å². The van der Waals surface area contributed by atoms with E-state index in [0.29, 0.717) is 5.70 Å². The Morgan fingerprint density at radius 2 is 1.62 bits per heavy atom. The molecular weight excluding hydrogens is 300 g/mol. The molecule has 0 spiro atoms. The zero-order chi connectivity index (χ0) is 17.4. The fraction of sp³-hybridized carbons (Fsp3) is 0.250. The summed E-state index contributed by atoms with van der Waals surface area (Å²) in [5.74, 6) is 0. The number of allylic oxidation sites excluding steroid dienone is 6. The first-order valence-corrected chi connectivity index (χ1v) is 7.97. The summed E-state index contributed by atoms with van der Waals surface area (Å²) >= 11 is 0. The van der Waals surface area contributed by atoms with Gasteiger partial charge in [-0.25, -0.2) is 4.79 Å². The highest BCUT2D eigenvalue weighted by molar-refractivity contribution is 5.71. The van der Waals surface area contributed by atoms with Gasteiger partial charge in [-0.15, -0.1) is 0 Å². The van der Waals surface area contributed by atoms with Crippen LogP contribution in [0.25, 0.3) is 0 Å². The van der Waals surface area contributed by atoms with E-state index in [1.807, 2.05) is 75.4 Å². The van der Waals surface area contributed by atoms with E-state index in [9.17, 15) is 4.79 Å². The minimum absolute atomic E-state index is 0.459. The maximum Gasteiger partial charge on any atom is 0.412 e. The smallest absolute Gasteiger partial charge is 0.412 e. The van der Waals surface area contributed by atoms with Gasteiger partial charge in [0.2, 0.25) is 0 Å². The van der Waals surface area contributed by atoms with Gasteiger partial charge in [0.1, 0.15) is 5.60 Å². The van der Waals surface area contributed by atoms with Gasteiger partial charge in [0.05, 0.1) is 0 Å². The summed E-state index contributed by atoms with van der Waals surface area (Å²) < 4.78 is 5.24. The fourth-order valence-corrected chi connectivity index (χ4v) is 2.04. The van der Waals surface area contributed by atoms with Crippen LogP contribution >= 0.6 is 0 Å². The van der Waals surface area contributed by atoms with Gasteiger partial charge >= 0.3 is 6.09 Å². The third-order valence-corrected chi connectivity index (χ3v) is 3.09. The Kier molecular flexibility index (Phi) is 6.01. The highest BCUT2D eigenvalue weighted by Crippen LogP contribution is 2.09. The fourth-order valence-electron chi connectivity index (χ4n) is 2.04. The number of carbonyl (C=O) groups excluding carboxylic acids is 1. The van der Waals surface area contributed by atoms with Crippen LogP contribution in [0.3, 0.4) is 0 Å². The summed E-state index contributed by atoms with van der Waals surface area (Å²) in [4.78, 5) is 11.8. The summed E-state index contributed by atoms with van der Waals surface area (Å²) in [6, 6.07) is 10.2. The van der Waals surface area contributed by atoms with Gasteiger partial charge in [-0.1, -0.05) is 42.5 Å². The van der Waals surface area contributed by atoms with Gasteiger partial charge in [-0.3, -0.25) is 5.32 Å². The topological polar surface area (TPSA) is 50.4 Å². The number of carbonyl (C=O) groups is 1. The van der Waals surface area contributed by atoms with Crippen LogP contribution < -0.4 is 10.6 Å². The SMILES string of the molecule is CC(C)(C)OC(=O)NC1=C/C=C\C(NCc2ccccc2)=C/C=C1. The number of benzene rings is 1. The Morgan fingerprint density at radius 3 is 2.29 bits per heavy atom. The number of hydrogen-bond acceptors (Lipinski definition) is 3. The quantitative estimate of drug-likeness (QED) is 0.873. The summed E-state index contributed by atoms with van der Waals surface area (Å²) in [5.41, 5.74) is 2.39. The van der Waals surface area contributed by atoms with Crippen molar-refractivity contribution in [2.75, 3.05) is 0 Å². The molecule has 0 aromatic heterocycles. The molecule has 0 atom stereocenters. The Bertz CT molecular complexity index is 677. The van der Waals surface area contributed by atoms with Gasteiger partial charge in [-0.05, 0) is 50.6 Å². The minimum atomic E-state index is -0.514. The van der Waals surface area contributed by atoms with Gasteiger partial charge in [0.15, 0.2) is 0 Å². The molecule has 2 rings (SSSR count). The number of alkyl carbamates (subject to hydrolysis) is 1. The molecular formula is C20H24N2O2. The van der Waals surface area contributed by atoms with E-state index < -0.39 is 11.7 Å². The van der Waals surface area contributed by atoms with Crippen LogP contribution in [0.15, 0.2) is 78.2 Å². The van der Waals surface area contributed by atoms with Crippen molar-refractivity contribution in [3.63, 3.8) is 0 Å². The molecule has 0 unspecified atom stereocenters. The number of nitrogens with one attached hydrogen (secondary N) is 2. The van der Waals surface area contributed by atoms with Crippen LogP contribution in [-0.2, 0) is 11.3 Å². The van der Waals surface area contributed by atoms with Gasteiger partial charge in [0.25, 0.3) is 0 Å². The van der Waals surface area contributed by atoms with Crippen molar-refractivity contribution in [2.45, 2.75) is 32.9 Å². The Morgan fingerprint density at radius 1 is 1.00 bits per heavy atom. The number of hydrogen-bond donors (Lipinski definition) is 2. The van der Waals surface area contributed by atoms with Crippen molar-refractivity contribution < 1.29 is 9.53 Å². The molecule has 1 aromatic rings. The first-order valence-electron chi connectivity index (χ1n) is 7.97. The van der Waals surface area contributed by atoms with E-state index in [1.165, 1.54) is 5.56 Å². The monoisotopic (exact) mass is 324 g/mol. The molecule has 0 radical (unpaired) electrons. The van der Waals surface area contributed by atoms with Crippen molar-refractivity contribution in [1.29, 1.82) is 0 Å². The Labute approximate surface area is 143 Å². The van der Waals surface area contributed by atoms with Crippen molar-refractivity contribution in [2.24, 2.45) is 0 Å². The lowest BCUT2D eigenvalue weighted by molar-refractivity contribution is 0.0548. The standard InChI is InChI=1S/C20H24N2O2/c1-20(2,3)24-19(23)22-18-13-7-11-17(12-8-14-18)21-15-16-9-5-4-6-10-16/h4-14,21H,15H2,1-3H3,(H,22,23)/b11-7-,12-8?,13-7?,14-8?,17-11?,17-12+,18-13?,18-14?. The molecule has 0 fully saturated rings. The van der Waals surface area contributed by atoms with E-state index in [4.69, 9.17) is 4.74 Å². The van der Waals surface area contributed by atoms with E-state index in [-0.39, 0.29) is 0 Å². The van der Waals surface area contributed by atoms with E-state index in [0.717, 1.165) is 12.2 Å². The first-order chi connectivity index (χ1) is 11.4. The maximum atomic E-state index is 11.8. The van der Waals surface area contributed by atoms with Gasteiger partial charge < -0.3 is 10.1 Å². The molecule has 24 heavy (non-hydrogen) atoms. The summed E-state index contributed by atoms with van der Waals surface area (Å²) in [5, 5.41) is 6.10. The molecule has 1 amide bonds. The molecule has 0 saturated heterocycles. The van der Waals surface area contributed by atoms with E-state index >= 15 is 0 Å². The molecule has 2 N–H and O–H groups in total. The molecule has 0 heterocycles. The molecule has 126 valence electrons. The Balaban J connectivity index is 1.89. The van der Waals surface area contributed by atoms with Gasteiger partial charge in [-0.2, -0.15) is 0 Å². The van der Waals surface area contributed by atoms with Crippen LogP contribution in [0.1, 0.15) is 26.3 Å². The highest BCUT2D eigenvalue weighted by Gasteiger charge is 2.16. The molecule has 0 aliphatic heterocycles. The van der Waals surface area contributed by atoms with Crippen LogP contribution in [0.4, 0.5) is 4.79 Å². The van der Waals surface area contributed by atoms with E-state index in [2.05, 4.69) is 22.8 Å². The number of rotatable bonds is 4. The minimum Gasteiger partial charge on any atom is -0.444 e. The maximum absolute atomic E-state index is 11.8. The van der Waals surface area contributed by atoms with Crippen molar-refractivity contribution in [3.8, 4) is 0 Å². The second-order valence-electron chi connectivity index (χ2n) is 6.43. The molecule has 4 heteroatoms. The largest absolute Gasteiger partial charge is 0.444 e. The average molecular weight is 324 g/mol. The molecule has 0 bridgehead atoms. The van der Waals surface area contributed by atoms with Crippen LogP contribution in [0.5, 0.6) is 0 Å². The molecule has 0 saturated carbocycles. The lowest BCUT2D eigenvalue weighted by Crippen LogP contribution is -2.31. The average Bonchev–Trinajstić information content (AvgIpc) is 2.48. The zero-order valence-corrected chi connectivity index (χ0v) is 14.4. The summed E-state index contributed by atoms with van der Waals surface area (Å²) in [6.45, 7) is 6.27. The second kappa shape index (κ2) is 8.20. The van der Waals surface area contributed by atoms with Crippen molar-refractivity contribution >= 4 is 6.09 Å². The van der Waals surface area contributed by atoms with E-state index in [1.54, 1.807) is 0 Å². The summed E-state index contributed by atoms with van der Waals surface area (Å²) in [7, 11) is 0. The van der Waals surface area contributed by atoms with Crippen LogP contribution in [0, 0.1) is 0 Å². The first kappa shape index (κ1) is 17.6. The lowest BCUT2D eigenvalue weighted by atomic mass is 10.2. The molecule has 1 aliphatic rings. The normalized spacial score (nSPS) is 17.6. The van der Waals surface area contributed by atoms with Crippen LogP contribution in [-0.4, -0.2) is 11.7 Å². The predicted molar refractivity (Wildman–Crippen MR) is 97.1 cm³/mol. The third kappa shape index (κ3) is 6.57. The molecule has 4 nitrogen and oxygen atoms in total. The van der Waals surface area contributed by atoms with Crippen molar-refractivity contribution in [3.05, 3.63) is 83.7 Å².